The number of amides is 2. The first-order chi connectivity index (χ1) is 13.7. The number of hydrogen-bond acceptors (Lipinski definition) is 3. The minimum atomic E-state index is -3.87. The fourth-order valence-electron chi connectivity index (χ4n) is 2.37. The standard InChI is InChI=1S/C19H14Cl3N3O3S/c20-12-5-8-14(9-6-12)29(27,28)25-18-4-2-1-3-17(18)24-19(26)23-16-10-7-13(21)11-15(16)22/h1-11,25H,(H2,23,24,26). The second kappa shape index (κ2) is 8.92. The van der Waals surface area contributed by atoms with E-state index in [9.17, 15) is 13.2 Å². The Kier molecular flexibility index (Phi) is 6.54. The van der Waals surface area contributed by atoms with Gasteiger partial charge in [0, 0.05) is 10.0 Å². The average molecular weight is 471 g/mol. The molecule has 3 N–H and O–H groups in total. The topological polar surface area (TPSA) is 87.3 Å². The lowest BCUT2D eigenvalue weighted by atomic mass is 10.3. The van der Waals surface area contributed by atoms with Crippen LogP contribution in [0.5, 0.6) is 0 Å². The van der Waals surface area contributed by atoms with Crippen molar-refractivity contribution in [1.82, 2.24) is 0 Å². The number of para-hydroxylation sites is 2. The van der Waals surface area contributed by atoms with Gasteiger partial charge in [-0.1, -0.05) is 46.9 Å². The zero-order valence-corrected chi connectivity index (χ0v) is 17.7. The predicted molar refractivity (Wildman–Crippen MR) is 118 cm³/mol. The smallest absolute Gasteiger partial charge is 0.306 e. The zero-order chi connectivity index (χ0) is 21.0. The number of carbonyl (C=O) groups excluding carboxylic acids is 1. The number of nitrogens with one attached hydrogen (secondary N) is 3. The first kappa shape index (κ1) is 21.3. The van der Waals surface area contributed by atoms with Crippen molar-refractivity contribution in [3.8, 4) is 0 Å². The second-order valence-electron chi connectivity index (χ2n) is 5.81. The van der Waals surface area contributed by atoms with E-state index in [0.717, 1.165) is 0 Å². The van der Waals surface area contributed by atoms with Crippen LogP contribution in [0.15, 0.2) is 71.6 Å². The van der Waals surface area contributed by atoms with E-state index < -0.39 is 16.1 Å². The summed E-state index contributed by atoms with van der Waals surface area (Å²) >= 11 is 17.7. The number of anilines is 3. The zero-order valence-electron chi connectivity index (χ0n) is 14.6. The van der Waals surface area contributed by atoms with E-state index in [-0.39, 0.29) is 21.3 Å². The van der Waals surface area contributed by atoms with Gasteiger partial charge in [0.05, 0.1) is 27.0 Å². The van der Waals surface area contributed by atoms with Crippen molar-refractivity contribution in [3.63, 3.8) is 0 Å². The summed E-state index contributed by atoms with van der Waals surface area (Å²) in [6.07, 6.45) is 0. The summed E-state index contributed by atoms with van der Waals surface area (Å²) in [6, 6.07) is 16.1. The first-order valence-corrected chi connectivity index (χ1v) is 10.8. The van der Waals surface area contributed by atoms with Gasteiger partial charge in [0.15, 0.2) is 0 Å². The third-order valence-electron chi connectivity index (χ3n) is 3.72. The summed E-state index contributed by atoms with van der Waals surface area (Å²) in [6.45, 7) is 0. The van der Waals surface area contributed by atoms with E-state index in [4.69, 9.17) is 34.8 Å². The number of benzene rings is 3. The van der Waals surface area contributed by atoms with E-state index in [2.05, 4.69) is 15.4 Å². The largest absolute Gasteiger partial charge is 0.323 e. The molecule has 0 spiro atoms. The summed E-state index contributed by atoms with van der Waals surface area (Å²) in [4.78, 5) is 12.4. The van der Waals surface area contributed by atoms with Crippen LogP contribution in [0.3, 0.4) is 0 Å². The highest BCUT2D eigenvalue weighted by Crippen LogP contribution is 2.27. The number of sulfonamides is 1. The van der Waals surface area contributed by atoms with Crippen LogP contribution in [0.2, 0.25) is 15.1 Å². The Labute approximate surface area is 182 Å². The summed E-state index contributed by atoms with van der Waals surface area (Å²) < 4.78 is 27.7. The fraction of sp³-hybridized carbons (Fsp3) is 0. The summed E-state index contributed by atoms with van der Waals surface area (Å²) in [5.41, 5.74) is 0.806. The van der Waals surface area contributed by atoms with Crippen molar-refractivity contribution in [2.75, 3.05) is 15.4 Å². The van der Waals surface area contributed by atoms with Crippen LogP contribution in [-0.2, 0) is 10.0 Å². The molecular weight excluding hydrogens is 457 g/mol. The van der Waals surface area contributed by atoms with Crippen molar-refractivity contribution in [2.24, 2.45) is 0 Å². The maximum Gasteiger partial charge on any atom is 0.323 e. The Bertz CT molecular complexity index is 1150. The number of halogens is 3. The van der Waals surface area contributed by atoms with Crippen LogP contribution in [0.25, 0.3) is 0 Å². The van der Waals surface area contributed by atoms with Gasteiger partial charge < -0.3 is 10.6 Å². The summed E-state index contributed by atoms with van der Waals surface area (Å²) in [5, 5.41) is 6.30. The van der Waals surface area contributed by atoms with Crippen LogP contribution in [-0.4, -0.2) is 14.4 Å². The molecule has 6 nitrogen and oxygen atoms in total. The molecule has 3 rings (SSSR count). The summed E-state index contributed by atoms with van der Waals surface area (Å²) in [5.74, 6) is 0. The molecule has 10 heteroatoms. The van der Waals surface area contributed by atoms with Gasteiger partial charge in [0.2, 0.25) is 0 Å². The molecule has 0 aromatic heterocycles. The average Bonchev–Trinajstić information content (AvgIpc) is 2.66. The molecule has 29 heavy (non-hydrogen) atoms. The van der Waals surface area contributed by atoms with Gasteiger partial charge in [0.1, 0.15) is 0 Å². The number of rotatable bonds is 5. The van der Waals surface area contributed by atoms with Gasteiger partial charge in [-0.2, -0.15) is 0 Å². The van der Waals surface area contributed by atoms with Gasteiger partial charge in [-0.05, 0) is 54.6 Å². The molecule has 0 radical (unpaired) electrons. The fourth-order valence-corrected chi connectivity index (χ4v) is 4.03. The van der Waals surface area contributed by atoms with Crippen molar-refractivity contribution in [2.45, 2.75) is 4.90 Å². The Balaban J connectivity index is 1.78. The molecule has 0 heterocycles. The third kappa shape index (κ3) is 5.55. The molecule has 2 amide bonds. The third-order valence-corrected chi connectivity index (χ3v) is 5.90. The van der Waals surface area contributed by atoms with E-state index in [0.29, 0.717) is 15.7 Å². The minimum absolute atomic E-state index is 0.0362. The molecule has 0 aliphatic rings. The van der Waals surface area contributed by atoms with Gasteiger partial charge in [-0.25, -0.2) is 13.2 Å². The van der Waals surface area contributed by atoms with Crippen molar-refractivity contribution >= 4 is 67.9 Å². The molecule has 0 fully saturated rings. The van der Waals surface area contributed by atoms with Crippen LogP contribution >= 0.6 is 34.8 Å². The molecule has 0 aliphatic heterocycles. The highest BCUT2D eigenvalue weighted by Gasteiger charge is 2.17. The molecule has 3 aromatic rings. The van der Waals surface area contributed by atoms with Gasteiger partial charge in [0.25, 0.3) is 10.0 Å². The molecule has 0 bridgehead atoms. The monoisotopic (exact) mass is 469 g/mol. The molecular formula is C19H14Cl3N3O3S. The molecule has 0 aliphatic carbocycles. The Morgan fingerprint density at radius 1 is 0.724 bits per heavy atom. The maximum absolute atomic E-state index is 12.6. The first-order valence-electron chi connectivity index (χ1n) is 8.15. The van der Waals surface area contributed by atoms with Gasteiger partial charge in [-0.15, -0.1) is 0 Å². The van der Waals surface area contributed by atoms with Crippen molar-refractivity contribution < 1.29 is 13.2 Å². The number of hydrogen-bond donors (Lipinski definition) is 3. The Hall–Kier alpha value is -2.45. The predicted octanol–water partition coefficient (Wildman–Crippen LogP) is 6.09. The van der Waals surface area contributed by atoms with Crippen LogP contribution in [0.1, 0.15) is 0 Å². The second-order valence-corrected chi connectivity index (χ2v) is 8.77. The molecule has 150 valence electrons. The minimum Gasteiger partial charge on any atom is -0.306 e. The number of carbonyl (C=O) groups is 1. The van der Waals surface area contributed by atoms with Crippen molar-refractivity contribution in [1.29, 1.82) is 0 Å². The van der Waals surface area contributed by atoms with Crippen LogP contribution in [0.4, 0.5) is 21.9 Å². The SMILES string of the molecule is O=C(Nc1ccc(Cl)cc1Cl)Nc1ccccc1NS(=O)(=O)c1ccc(Cl)cc1. The molecule has 0 saturated carbocycles. The lowest BCUT2D eigenvalue weighted by Gasteiger charge is -2.14. The van der Waals surface area contributed by atoms with Crippen LogP contribution < -0.4 is 15.4 Å². The normalized spacial score (nSPS) is 11.0. The van der Waals surface area contributed by atoms with Gasteiger partial charge in [-0.3, -0.25) is 4.72 Å². The number of urea groups is 1. The molecule has 0 saturated heterocycles. The highest BCUT2D eigenvalue weighted by molar-refractivity contribution is 7.92. The van der Waals surface area contributed by atoms with E-state index in [1.165, 1.54) is 36.4 Å². The quantitative estimate of drug-likeness (QED) is 0.421. The molecule has 0 unspecified atom stereocenters. The maximum atomic E-state index is 12.6. The van der Waals surface area contributed by atoms with Gasteiger partial charge >= 0.3 is 6.03 Å². The van der Waals surface area contributed by atoms with Crippen molar-refractivity contribution in [3.05, 3.63) is 81.8 Å². The molecule has 0 atom stereocenters. The van der Waals surface area contributed by atoms with E-state index >= 15 is 0 Å². The van der Waals surface area contributed by atoms with Crippen LogP contribution in [0, 0.1) is 0 Å². The Morgan fingerprint density at radius 2 is 1.31 bits per heavy atom. The Morgan fingerprint density at radius 3 is 1.97 bits per heavy atom. The van der Waals surface area contributed by atoms with E-state index in [1.807, 2.05) is 0 Å². The highest BCUT2D eigenvalue weighted by atomic mass is 35.5. The van der Waals surface area contributed by atoms with E-state index in [1.54, 1.807) is 30.3 Å². The lowest BCUT2D eigenvalue weighted by molar-refractivity contribution is 0.262. The lowest BCUT2D eigenvalue weighted by Crippen LogP contribution is -2.21. The molecule has 3 aromatic carbocycles. The summed E-state index contributed by atoms with van der Waals surface area (Å²) in [7, 11) is -3.87.